The van der Waals surface area contributed by atoms with Crippen LogP contribution in [0.3, 0.4) is 0 Å². The molecule has 8 heteroatoms. The van der Waals surface area contributed by atoms with Gasteiger partial charge in [0.15, 0.2) is 23.2 Å². The fraction of sp³-hybridized carbons (Fsp3) is 0.192. The van der Waals surface area contributed by atoms with Gasteiger partial charge in [-0.3, -0.25) is 0 Å². The normalized spacial score (nSPS) is 11.8. The number of carbonyl (C=O) groups is 1. The van der Waals surface area contributed by atoms with Crippen LogP contribution in [-0.2, 0) is 10.2 Å². The Hall–Kier alpha value is -3.78. The molecule has 0 atom stereocenters. The van der Waals surface area contributed by atoms with Crippen LogP contribution in [0.2, 0.25) is 0 Å². The molecule has 2 N–H and O–H groups in total. The highest BCUT2D eigenvalue weighted by Crippen LogP contribution is 2.46. The average Bonchev–Trinajstić information content (AvgIpc) is 3.15. The van der Waals surface area contributed by atoms with Gasteiger partial charge in [-0.1, -0.05) is 26.0 Å². The summed E-state index contributed by atoms with van der Waals surface area (Å²) in [5.74, 6) is -4.64. The quantitative estimate of drug-likeness (QED) is 0.361. The van der Waals surface area contributed by atoms with Gasteiger partial charge in [0.25, 0.3) is 0 Å². The summed E-state index contributed by atoms with van der Waals surface area (Å²) in [7, 11) is 1.52. The molecule has 0 unspecified atom stereocenters. The van der Waals surface area contributed by atoms with Crippen LogP contribution in [0.25, 0.3) is 27.7 Å². The minimum absolute atomic E-state index is 0.0567. The molecular weight excluding hydrogens is 447 g/mol. The number of aromatic carboxylic acids is 1. The second-order valence-corrected chi connectivity index (χ2v) is 8.65. The maximum Gasteiger partial charge on any atom is 0.335 e. The summed E-state index contributed by atoms with van der Waals surface area (Å²) in [5, 5.41) is 20.2. The highest BCUT2D eigenvalue weighted by atomic mass is 19.2. The fourth-order valence-corrected chi connectivity index (χ4v) is 4.36. The minimum Gasteiger partial charge on any atom is -0.504 e. The molecule has 4 rings (SSSR count). The number of rotatable bonds is 6. The number of hydrogen-bond acceptors (Lipinski definition) is 3. The second kappa shape index (κ2) is 8.53. The van der Waals surface area contributed by atoms with Crippen molar-refractivity contribution in [2.24, 2.45) is 0 Å². The second-order valence-electron chi connectivity index (χ2n) is 8.65. The minimum atomic E-state index is -1.11. The van der Waals surface area contributed by atoms with Crippen LogP contribution in [0.4, 0.5) is 13.2 Å². The van der Waals surface area contributed by atoms with E-state index in [0.717, 1.165) is 18.2 Å². The number of carboxylic acids is 1. The Balaban J connectivity index is 2.19. The Labute approximate surface area is 193 Å². The molecule has 0 bridgehead atoms. The Morgan fingerprint density at radius 1 is 0.971 bits per heavy atom. The van der Waals surface area contributed by atoms with Crippen molar-refractivity contribution >= 4 is 16.9 Å². The molecule has 0 fully saturated rings. The third kappa shape index (κ3) is 3.80. The predicted octanol–water partition coefficient (Wildman–Crippen LogP) is 6.04. The zero-order valence-corrected chi connectivity index (χ0v) is 18.7. The van der Waals surface area contributed by atoms with Crippen LogP contribution in [0.5, 0.6) is 5.75 Å². The first kappa shape index (κ1) is 23.4. The van der Waals surface area contributed by atoms with Gasteiger partial charge in [-0.2, -0.15) is 0 Å². The topological polar surface area (TPSA) is 71.7 Å². The van der Waals surface area contributed by atoms with Crippen molar-refractivity contribution in [2.45, 2.75) is 19.3 Å². The molecule has 0 aliphatic rings. The zero-order chi connectivity index (χ0) is 24.8. The molecule has 0 aliphatic heterocycles. The first-order chi connectivity index (χ1) is 16.1. The van der Waals surface area contributed by atoms with E-state index in [2.05, 4.69) is 0 Å². The van der Waals surface area contributed by atoms with E-state index in [-0.39, 0.29) is 23.2 Å². The summed E-state index contributed by atoms with van der Waals surface area (Å²) in [4.78, 5) is 11.3. The largest absolute Gasteiger partial charge is 0.504 e. The van der Waals surface area contributed by atoms with Crippen LogP contribution < -0.4 is 0 Å². The lowest BCUT2D eigenvalue weighted by molar-refractivity contribution is 0.0697. The van der Waals surface area contributed by atoms with Gasteiger partial charge in [0.05, 0.1) is 23.1 Å². The number of phenols is 1. The lowest BCUT2D eigenvalue weighted by Crippen LogP contribution is -2.27. The SMILES string of the molecule is COCC(C)(C)c1c(-c2ccc(C(=O)O)cc2)c2c(O)c(F)ccc2n1-c1ccc(F)c(F)c1. The van der Waals surface area contributed by atoms with Crippen LogP contribution in [0, 0.1) is 17.5 Å². The van der Waals surface area contributed by atoms with E-state index < -0.39 is 34.6 Å². The van der Waals surface area contributed by atoms with E-state index in [9.17, 15) is 28.2 Å². The number of halogens is 3. The number of carboxylic acid groups (broad SMARTS) is 1. The molecule has 176 valence electrons. The molecule has 0 aliphatic carbocycles. The predicted molar refractivity (Wildman–Crippen MR) is 122 cm³/mol. The summed E-state index contributed by atoms with van der Waals surface area (Å²) in [5.41, 5.74) is 1.40. The van der Waals surface area contributed by atoms with Gasteiger partial charge in [-0.15, -0.1) is 0 Å². The zero-order valence-electron chi connectivity index (χ0n) is 18.7. The third-order valence-corrected chi connectivity index (χ3v) is 5.79. The van der Waals surface area contributed by atoms with Crippen molar-refractivity contribution in [3.8, 4) is 22.6 Å². The van der Waals surface area contributed by atoms with Crippen molar-refractivity contribution in [2.75, 3.05) is 13.7 Å². The van der Waals surface area contributed by atoms with Gasteiger partial charge in [-0.25, -0.2) is 18.0 Å². The van der Waals surface area contributed by atoms with E-state index >= 15 is 0 Å². The van der Waals surface area contributed by atoms with Gasteiger partial charge < -0.3 is 19.5 Å². The van der Waals surface area contributed by atoms with Gasteiger partial charge in [0.1, 0.15) is 0 Å². The molecule has 1 aromatic heterocycles. The van der Waals surface area contributed by atoms with E-state index in [0.29, 0.717) is 22.3 Å². The lowest BCUT2D eigenvalue weighted by atomic mass is 9.84. The number of ether oxygens (including phenoxy) is 1. The van der Waals surface area contributed by atoms with E-state index in [1.165, 1.54) is 31.4 Å². The summed E-state index contributed by atoms with van der Waals surface area (Å²) < 4.78 is 49.6. The van der Waals surface area contributed by atoms with Crippen molar-refractivity contribution < 1.29 is 32.9 Å². The standard InChI is InChI=1S/C26H22F3NO4/c1-26(2,13-34-3)24-21(14-4-6-15(7-5-14)25(32)33)22-20(11-10-18(28)23(22)31)30(24)16-8-9-17(27)19(29)12-16/h4-12,31H,13H2,1-3H3,(H,32,33). The Kier molecular flexibility index (Phi) is 5.87. The van der Waals surface area contributed by atoms with Crippen molar-refractivity contribution in [1.82, 2.24) is 4.57 Å². The molecule has 4 aromatic rings. The van der Waals surface area contributed by atoms with E-state index in [1.54, 1.807) is 16.7 Å². The summed E-state index contributed by atoms with van der Waals surface area (Å²) >= 11 is 0. The average molecular weight is 469 g/mol. The molecule has 34 heavy (non-hydrogen) atoms. The van der Waals surface area contributed by atoms with Crippen LogP contribution >= 0.6 is 0 Å². The molecule has 0 saturated carbocycles. The van der Waals surface area contributed by atoms with Crippen LogP contribution in [0.15, 0.2) is 54.6 Å². The highest BCUT2D eigenvalue weighted by molar-refractivity contribution is 6.04. The first-order valence-corrected chi connectivity index (χ1v) is 10.4. The van der Waals surface area contributed by atoms with Gasteiger partial charge in [0, 0.05) is 35.5 Å². The lowest BCUT2D eigenvalue weighted by Gasteiger charge is -2.28. The number of phenolic OH excluding ortho intramolecular Hbond substituents is 1. The monoisotopic (exact) mass is 469 g/mol. The van der Waals surface area contributed by atoms with Crippen LogP contribution in [0.1, 0.15) is 29.9 Å². The maximum atomic E-state index is 14.5. The Bertz CT molecular complexity index is 1410. The van der Waals surface area contributed by atoms with E-state index in [4.69, 9.17) is 4.74 Å². The third-order valence-electron chi connectivity index (χ3n) is 5.79. The maximum absolute atomic E-state index is 14.5. The molecule has 0 spiro atoms. The van der Waals surface area contributed by atoms with E-state index in [1.807, 2.05) is 13.8 Å². The fourth-order valence-electron chi connectivity index (χ4n) is 4.36. The molecule has 1 heterocycles. The Morgan fingerprint density at radius 2 is 1.62 bits per heavy atom. The number of methoxy groups -OCH3 is 1. The smallest absolute Gasteiger partial charge is 0.335 e. The highest BCUT2D eigenvalue weighted by Gasteiger charge is 2.34. The number of aromatic hydroxyl groups is 1. The van der Waals surface area contributed by atoms with Gasteiger partial charge in [0.2, 0.25) is 0 Å². The molecule has 0 radical (unpaired) electrons. The van der Waals surface area contributed by atoms with Gasteiger partial charge in [-0.05, 0) is 42.0 Å². The first-order valence-electron chi connectivity index (χ1n) is 10.4. The number of nitrogens with zero attached hydrogens (tertiary/aromatic N) is 1. The molecule has 0 amide bonds. The van der Waals surface area contributed by atoms with Crippen LogP contribution in [-0.4, -0.2) is 34.5 Å². The van der Waals surface area contributed by atoms with Crippen molar-refractivity contribution in [1.29, 1.82) is 0 Å². The van der Waals surface area contributed by atoms with Crippen molar-refractivity contribution in [3.05, 3.63) is 83.3 Å². The molecule has 3 aromatic carbocycles. The number of aromatic nitrogens is 1. The van der Waals surface area contributed by atoms with Crippen molar-refractivity contribution in [3.63, 3.8) is 0 Å². The summed E-state index contributed by atoms with van der Waals surface area (Å²) in [6.07, 6.45) is 0. The number of benzene rings is 3. The molecule has 5 nitrogen and oxygen atoms in total. The molecular formula is C26H22F3NO4. The summed E-state index contributed by atoms with van der Waals surface area (Å²) in [6, 6.07) is 11.9. The number of fused-ring (bicyclic) bond motifs is 1. The molecule has 0 saturated heterocycles. The van der Waals surface area contributed by atoms with Gasteiger partial charge >= 0.3 is 5.97 Å². The number of hydrogen-bond donors (Lipinski definition) is 2. The Morgan fingerprint density at radius 3 is 2.21 bits per heavy atom. The summed E-state index contributed by atoms with van der Waals surface area (Å²) in [6.45, 7) is 3.93.